The van der Waals surface area contributed by atoms with Crippen LogP contribution in [0.2, 0.25) is 0 Å². The molecular formula is C15H14N2O. The molecule has 18 heavy (non-hydrogen) atoms. The Morgan fingerprint density at radius 3 is 2.72 bits per heavy atom. The van der Waals surface area contributed by atoms with E-state index in [9.17, 15) is 0 Å². The number of anilines is 2. The van der Waals surface area contributed by atoms with Gasteiger partial charge in [0.2, 0.25) is 0 Å². The maximum Gasteiger partial charge on any atom is 0.133 e. The van der Waals surface area contributed by atoms with Crippen molar-refractivity contribution in [1.82, 2.24) is 4.98 Å². The van der Waals surface area contributed by atoms with Crippen LogP contribution in [0.4, 0.5) is 11.5 Å². The van der Waals surface area contributed by atoms with Crippen LogP contribution in [-0.2, 0) is 4.74 Å². The smallest absolute Gasteiger partial charge is 0.133 e. The van der Waals surface area contributed by atoms with Gasteiger partial charge in [0.25, 0.3) is 0 Å². The average molecular weight is 238 g/mol. The molecule has 0 saturated carbocycles. The molecule has 0 bridgehead atoms. The topological polar surface area (TPSA) is 25.4 Å². The van der Waals surface area contributed by atoms with Crippen molar-refractivity contribution in [1.29, 1.82) is 0 Å². The fourth-order valence-corrected chi connectivity index (χ4v) is 2.22. The van der Waals surface area contributed by atoms with Crippen molar-refractivity contribution in [3.05, 3.63) is 60.3 Å². The zero-order valence-corrected chi connectivity index (χ0v) is 10.2. The van der Waals surface area contributed by atoms with Crippen molar-refractivity contribution < 1.29 is 4.74 Å². The normalized spacial score (nSPS) is 13.8. The van der Waals surface area contributed by atoms with Crippen LogP contribution in [0.25, 0.3) is 5.76 Å². The minimum Gasteiger partial charge on any atom is -0.496 e. The lowest BCUT2D eigenvalue weighted by molar-refractivity contribution is 0.368. The lowest BCUT2D eigenvalue weighted by Crippen LogP contribution is -2.22. The van der Waals surface area contributed by atoms with Crippen LogP contribution in [0.1, 0.15) is 5.56 Å². The molecule has 1 aliphatic heterocycles. The molecule has 2 aromatic rings. The number of hydrogen-bond donors (Lipinski definition) is 0. The van der Waals surface area contributed by atoms with E-state index in [1.807, 2.05) is 36.5 Å². The van der Waals surface area contributed by atoms with Crippen molar-refractivity contribution in [3.8, 4) is 0 Å². The Bertz CT molecular complexity index is 578. The summed E-state index contributed by atoms with van der Waals surface area (Å²) in [4.78, 5) is 6.59. The fourth-order valence-electron chi connectivity index (χ4n) is 2.22. The number of ether oxygens (including phenoxy) is 1. The van der Waals surface area contributed by atoms with E-state index in [0.717, 1.165) is 29.4 Å². The number of fused-ring (bicyclic) bond motifs is 1. The zero-order valence-electron chi connectivity index (χ0n) is 10.2. The Balaban J connectivity index is 2.09. The van der Waals surface area contributed by atoms with Gasteiger partial charge >= 0.3 is 0 Å². The minimum atomic E-state index is 0.775. The SMILES string of the molecule is COC1=CCN(c2ccccn2)c2ccccc21. The second kappa shape index (κ2) is 4.53. The van der Waals surface area contributed by atoms with E-state index in [1.165, 1.54) is 0 Å². The second-order valence-corrected chi connectivity index (χ2v) is 4.09. The van der Waals surface area contributed by atoms with Gasteiger partial charge < -0.3 is 9.64 Å². The maximum atomic E-state index is 5.42. The van der Waals surface area contributed by atoms with Crippen LogP contribution in [0.15, 0.2) is 54.7 Å². The third-order valence-electron chi connectivity index (χ3n) is 3.07. The third-order valence-corrected chi connectivity index (χ3v) is 3.07. The van der Waals surface area contributed by atoms with E-state index in [1.54, 1.807) is 7.11 Å². The molecule has 0 fully saturated rings. The molecule has 0 N–H and O–H groups in total. The Morgan fingerprint density at radius 1 is 1.11 bits per heavy atom. The number of benzene rings is 1. The van der Waals surface area contributed by atoms with Crippen LogP contribution < -0.4 is 4.90 Å². The molecule has 3 nitrogen and oxygen atoms in total. The molecule has 0 saturated heterocycles. The highest BCUT2D eigenvalue weighted by Crippen LogP contribution is 2.35. The number of rotatable bonds is 2. The molecule has 3 heteroatoms. The first kappa shape index (κ1) is 10.8. The fraction of sp³-hybridized carbons (Fsp3) is 0.133. The van der Waals surface area contributed by atoms with Crippen LogP contribution in [0, 0.1) is 0 Å². The van der Waals surface area contributed by atoms with E-state index in [2.05, 4.69) is 28.1 Å². The second-order valence-electron chi connectivity index (χ2n) is 4.09. The Hall–Kier alpha value is -2.29. The summed E-state index contributed by atoms with van der Waals surface area (Å²) in [5.74, 6) is 1.88. The molecule has 0 unspecified atom stereocenters. The lowest BCUT2D eigenvalue weighted by Gasteiger charge is -2.29. The van der Waals surface area contributed by atoms with Crippen LogP contribution in [0.5, 0.6) is 0 Å². The zero-order chi connectivity index (χ0) is 12.4. The van der Waals surface area contributed by atoms with E-state index in [4.69, 9.17) is 4.74 Å². The van der Waals surface area contributed by atoms with E-state index in [-0.39, 0.29) is 0 Å². The van der Waals surface area contributed by atoms with Gasteiger partial charge in [-0.3, -0.25) is 0 Å². The number of methoxy groups -OCH3 is 1. The predicted octanol–water partition coefficient (Wildman–Crippen LogP) is 3.22. The van der Waals surface area contributed by atoms with Gasteiger partial charge in [-0.05, 0) is 30.3 Å². The Kier molecular flexibility index (Phi) is 2.73. The quantitative estimate of drug-likeness (QED) is 0.803. The highest BCUT2D eigenvalue weighted by atomic mass is 16.5. The van der Waals surface area contributed by atoms with Crippen molar-refractivity contribution in [3.63, 3.8) is 0 Å². The number of aromatic nitrogens is 1. The molecule has 0 amide bonds. The first-order valence-corrected chi connectivity index (χ1v) is 5.92. The molecule has 0 aliphatic carbocycles. The number of pyridine rings is 1. The lowest BCUT2D eigenvalue weighted by atomic mass is 10.1. The summed E-state index contributed by atoms with van der Waals surface area (Å²) < 4.78 is 5.42. The van der Waals surface area contributed by atoms with Crippen LogP contribution in [-0.4, -0.2) is 18.6 Å². The summed E-state index contributed by atoms with van der Waals surface area (Å²) in [6, 6.07) is 14.2. The molecule has 1 aliphatic rings. The van der Waals surface area contributed by atoms with Gasteiger partial charge in [-0.2, -0.15) is 0 Å². The van der Waals surface area contributed by atoms with Gasteiger partial charge in [-0.25, -0.2) is 4.98 Å². The van der Waals surface area contributed by atoms with Crippen molar-refractivity contribution >= 4 is 17.3 Å². The van der Waals surface area contributed by atoms with Gasteiger partial charge in [0, 0.05) is 18.3 Å². The number of para-hydroxylation sites is 1. The van der Waals surface area contributed by atoms with Gasteiger partial charge in [0.05, 0.1) is 12.8 Å². The molecule has 1 aromatic heterocycles. The molecule has 0 spiro atoms. The highest BCUT2D eigenvalue weighted by molar-refractivity contribution is 5.80. The van der Waals surface area contributed by atoms with E-state index in [0.29, 0.717) is 0 Å². The summed E-state index contributed by atoms with van der Waals surface area (Å²) in [6.45, 7) is 0.775. The average Bonchev–Trinajstić information content (AvgIpc) is 2.47. The molecule has 90 valence electrons. The molecule has 3 rings (SSSR count). The van der Waals surface area contributed by atoms with Gasteiger partial charge in [0.1, 0.15) is 11.6 Å². The Labute approximate surface area is 106 Å². The monoisotopic (exact) mass is 238 g/mol. The molecule has 2 heterocycles. The summed E-state index contributed by atoms with van der Waals surface area (Å²) in [6.07, 6.45) is 3.89. The van der Waals surface area contributed by atoms with Gasteiger partial charge in [-0.15, -0.1) is 0 Å². The molecule has 0 radical (unpaired) electrons. The molecular weight excluding hydrogens is 224 g/mol. The van der Waals surface area contributed by atoms with Crippen LogP contribution in [0.3, 0.4) is 0 Å². The first-order chi connectivity index (χ1) is 8.90. The summed E-state index contributed by atoms with van der Waals surface area (Å²) >= 11 is 0. The Morgan fingerprint density at radius 2 is 1.94 bits per heavy atom. The van der Waals surface area contributed by atoms with E-state index >= 15 is 0 Å². The number of nitrogens with zero attached hydrogens (tertiary/aromatic N) is 2. The van der Waals surface area contributed by atoms with E-state index < -0.39 is 0 Å². The maximum absolute atomic E-state index is 5.42. The predicted molar refractivity (Wildman–Crippen MR) is 72.7 cm³/mol. The first-order valence-electron chi connectivity index (χ1n) is 5.92. The van der Waals surface area contributed by atoms with Gasteiger partial charge in [-0.1, -0.05) is 18.2 Å². The van der Waals surface area contributed by atoms with Crippen molar-refractivity contribution in [2.24, 2.45) is 0 Å². The molecule has 0 atom stereocenters. The van der Waals surface area contributed by atoms with Crippen molar-refractivity contribution in [2.45, 2.75) is 0 Å². The van der Waals surface area contributed by atoms with Crippen LogP contribution >= 0.6 is 0 Å². The summed E-state index contributed by atoms with van der Waals surface area (Å²) in [5.41, 5.74) is 2.24. The third kappa shape index (κ3) is 1.74. The highest BCUT2D eigenvalue weighted by Gasteiger charge is 2.20. The summed E-state index contributed by atoms with van der Waals surface area (Å²) in [7, 11) is 1.71. The largest absolute Gasteiger partial charge is 0.496 e. The number of hydrogen-bond acceptors (Lipinski definition) is 3. The molecule has 1 aromatic carbocycles. The van der Waals surface area contributed by atoms with Crippen molar-refractivity contribution in [2.75, 3.05) is 18.6 Å². The standard InChI is InChI=1S/C15H14N2O/c1-18-14-9-11-17(15-8-4-5-10-16-15)13-7-3-2-6-12(13)14/h2-10H,11H2,1H3. The summed E-state index contributed by atoms with van der Waals surface area (Å²) in [5, 5.41) is 0. The van der Waals surface area contributed by atoms with Gasteiger partial charge in [0.15, 0.2) is 0 Å². The minimum absolute atomic E-state index is 0.775.